The molecule has 0 fully saturated rings. The summed E-state index contributed by atoms with van der Waals surface area (Å²) in [7, 11) is 1.88. The maximum Gasteiger partial charge on any atom is 0.239 e. The van der Waals surface area contributed by atoms with E-state index in [1.54, 1.807) is 17.6 Å². The molecule has 3 heterocycles. The Morgan fingerprint density at radius 3 is 2.78 bits per heavy atom. The molecule has 1 aliphatic carbocycles. The molecule has 0 atom stereocenters. The number of carbonyl (C=O) groups excluding carboxylic acids is 1. The van der Waals surface area contributed by atoms with Crippen LogP contribution in [0.15, 0.2) is 58.3 Å². The van der Waals surface area contributed by atoms with Crippen molar-refractivity contribution in [2.24, 2.45) is 7.05 Å². The third-order valence-electron chi connectivity index (χ3n) is 5.45. The average molecular weight is 466 g/mol. The SMILES string of the molecule is Cn1c(SCC(=O)N(Cc2ccccc2)c2nc3c(s2)CCCC3)nnc1-c1ccco1. The molecule has 1 aliphatic rings. The van der Waals surface area contributed by atoms with Crippen molar-refractivity contribution < 1.29 is 9.21 Å². The summed E-state index contributed by atoms with van der Waals surface area (Å²) in [4.78, 5) is 21.4. The van der Waals surface area contributed by atoms with Gasteiger partial charge in [0, 0.05) is 11.9 Å². The summed E-state index contributed by atoms with van der Waals surface area (Å²) in [6.45, 7) is 0.503. The lowest BCUT2D eigenvalue weighted by Crippen LogP contribution is -2.32. The predicted molar refractivity (Wildman–Crippen MR) is 126 cm³/mol. The molecular weight excluding hydrogens is 442 g/mol. The summed E-state index contributed by atoms with van der Waals surface area (Å²) < 4.78 is 7.27. The second-order valence-corrected chi connectivity index (χ2v) is 9.67. The Balaban J connectivity index is 1.35. The van der Waals surface area contributed by atoms with E-state index in [-0.39, 0.29) is 11.7 Å². The highest BCUT2D eigenvalue weighted by atomic mass is 32.2. The van der Waals surface area contributed by atoms with Gasteiger partial charge in [0.1, 0.15) is 0 Å². The van der Waals surface area contributed by atoms with Crippen LogP contribution < -0.4 is 4.90 Å². The van der Waals surface area contributed by atoms with E-state index in [9.17, 15) is 4.79 Å². The van der Waals surface area contributed by atoms with Crippen molar-refractivity contribution >= 4 is 34.1 Å². The molecule has 0 spiro atoms. The van der Waals surface area contributed by atoms with E-state index in [2.05, 4.69) is 10.2 Å². The molecule has 0 unspecified atom stereocenters. The molecule has 0 saturated carbocycles. The maximum absolute atomic E-state index is 13.4. The zero-order valence-electron chi connectivity index (χ0n) is 17.7. The number of hydrogen-bond acceptors (Lipinski definition) is 7. The lowest BCUT2D eigenvalue weighted by Gasteiger charge is -2.20. The number of amides is 1. The number of aryl methyl sites for hydroxylation is 2. The number of carbonyl (C=O) groups is 1. The molecule has 0 bridgehead atoms. The van der Waals surface area contributed by atoms with E-state index in [4.69, 9.17) is 9.40 Å². The van der Waals surface area contributed by atoms with Crippen LogP contribution in [0.4, 0.5) is 5.13 Å². The summed E-state index contributed by atoms with van der Waals surface area (Å²) in [6.07, 6.45) is 6.03. The van der Waals surface area contributed by atoms with Gasteiger partial charge in [-0.05, 0) is 43.4 Å². The highest BCUT2D eigenvalue weighted by Crippen LogP contribution is 2.33. The summed E-state index contributed by atoms with van der Waals surface area (Å²) in [5, 5.41) is 9.92. The molecule has 0 radical (unpaired) electrons. The highest BCUT2D eigenvalue weighted by Gasteiger charge is 2.24. The first kappa shape index (κ1) is 21.0. The molecule has 32 heavy (non-hydrogen) atoms. The van der Waals surface area contributed by atoms with Crippen molar-refractivity contribution in [1.29, 1.82) is 0 Å². The van der Waals surface area contributed by atoms with Gasteiger partial charge >= 0.3 is 0 Å². The minimum absolute atomic E-state index is 0.00694. The Morgan fingerprint density at radius 1 is 1.16 bits per heavy atom. The number of nitrogens with zero attached hydrogens (tertiary/aromatic N) is 5. The Kier molecular flexibility index (Phi) is 6.09. The van der Waals surface area contributed by atoms with Crippen molar-refractivity contribution in [3.8, 4) is 11.6 Å². The van der Waals surface area contributed by atoms with Gasteiger partial charge in [-0.3, -0.25) is 9.69 Å². The van der Waals surface area contributed by atoms with Crippen LogP contribution in [0.5, 0.6) is 0 Å². The molecule has 4 aromatic rings. The minimum Gasteiger partial charge on any atom is -0.461 e. The Hall–Kier alpha value is -2.91. The van der Waals surface area contributed by atoms with Crippen molar-refractivity contribution in [2.75, 3.05) is 10.7 Å². The van der Waals surface area contributed by atoms with Gasteiger partial charge in [-0.1, -0.05) is 42.1 Å². The number of benzene rings is 1. The molecule has 5 rings (SSSR count). The first-order valence-corrected chi connectivity index (χ1v) is 12.4. The maximum atomic E-state index is 13.4. The number of rotatable bonds is 7. The fourth-order valence-electron chi connectivity index (χ4n) is 3.75. The van der Waals surface area contributed by atoms with Gasteiger partial charge in [0.25, 0.3) is 0 Å². The molecule has 1 amide bonds. The van der Waals surface area contributed by atoms with Crippen molar-refractivity contribution in [3.63, 3.8) is 0 Å². The Bertz CT molecular complexity index is 1180. The number of anilines is 1. The molecule has 1 aromatic carbocycles. The van der Waals surface area contributed by atoms with Crippen LogP contribution in [-0.4, -0.2) is 31.4 Å². The normalized spacial score (nSPS) is 13.2. The van der Waals surface area contributed by atoms with Crippen LogP contribution in [0.1, 0.15) is 29.0 Å². The van der Waals surface area contributed by atoms with Crippen LogP contribution in [-0.2, 0) is 31.2 Å². The topological polar surface area (TPSA) is 77.1 Å². The standard InChI is InChI=1S/C23H23N5O2S2/c1-27-21(18-11-7-13-30-18)25-26-23(27)31-15-20(29)28(14-16-8-3-2-4-9-16)22-24-17-10-5-6-12-19(17)32-22/h2-4,7-9,11,13H,5-6,10,12,14-15H2,1H3. The monoisotopic (exact) mass is 465 g/mol. The molecule has 7 nitrogen and oxygen atoms in total. The number of aromatic nitrogens is 4. The van der Waals surface area contributed by atoms with Crippen molar-refractivity contribution in [3.05, 3.63) is 64.9 Å². The fraction of sp³-hybridized carbons (Fsp3) is 0.304. The van der Waals surface area contributed by atoms with E-state index in [1.165, 1.54) is 29.5 Å². The van der Waals surface area contributed by atoms with Crippen molar-refractivity contribution in [2.45, 2.75) is 37.4 Å². The van der Waals surface area contributed by atoms with Gasteiger partial charge < -0.3 is 8.98 Å². The molecule has 164 valence electrons. The third kappa shape index (κ3) is 4.35. The van der Waals surface area contributed by atoms with Gasteiger partial charge in [-0.15, -0.1) is 21.5 Å². The second kappa shape index (κ2) is 9.30. The van der Waals surface area contributed by atoms with Crippen molar-refractivity contribution in [1.82, 2.24) is 19.7 Å². The van der Waals surface area contributed by atoms with Crippen LogP contribution in [0.25, 0.3) is 11.6 Å². The van der Waals surface area contributed by atoms with Crippen LogP contribution in [0, 0.1) is 0 Å². The number of hydrogen-bond donors (Lipinski definition) is 0. The lowest BCUT2D eigenvalue weighted by molar-refractivity contribution is -0.116. The molecule has 9 heteroatoms. The van der Waals surface area contributed by atoms with Crippen LogP contribution in [0.2, 0.25) is 0 Å². The van der Waals surface area contributed by atoms with Gasteiger partial charge in [0.15, 0.2) is 21.9 Å². The van der Waals surface area contributed by atoms with Crippen LogP contribution >= 0.6 is 23.1 Å². The summed E-state index contributed by atoms with van der Waals surface area (Å²) in [5.74, 6) is 1.55. The Morgan fingerprint density at radius 2 is 2.00 bits per heavy atom. The van der Waals surface area contributed by atoms with Gasteiger partial charge in [0.2, 0.25) is 5.91 Å². The first-order chi connectivity index (χ1) is 15.7. The average Bonchev–Trinajstić information content (AvgIpc) is 3.56. The lowest BCUT2D eigenvalue weighted by atomic mass is 10.0. The number of fused-ring (bicyclic) bond motifs is 1. The molecule has 0 aliphatic heterocycles. The van der Waals surface area contributed by atoms with Gasteiger partial charge in [0.05, 0.1) is 24.3 Å². The van der Waals surface area contributed by atoms with E-state index in [0.717, 1.165) is 29.2 Å². The third-order valence-corrected chi connectivity index (χ3v) is 7.64. The van der Waals surface area contributed by atoms with Crippen LogP contribution in [0.3, 0.4) is 0 Å². The summed E-state index contributed by atoms with van der Waals surface area (Å²) >= 11 is 3.03. The van der Waals surface area contributed by atoms with E-state index in [0.29, 0.717) is 23.3 Å². The zero-order chi connectivity index (χ0) is 21.9. The van der Waals surface area contributed by atoms with E-state index >= 15 is 0 Å². The van der Waals surface area contributed by atoms with Gasteiger partial charge in [-0.25, -0.2) is 4.98 Å². The van der Waals surface area contributed by atoms with Gasteiger partial charge in [-0.2, -0.15) is 0 Å². The quantitative estimate of drug-likeness (QED) is 0.367. The summed E-state index contributed by atoms with van der Waals surface area (Å²) in [6, 6.07) is 13.7. The first-order valence-electron chi connectivity index (χ1n) is 10.6. The van der Waals surface area contributed by atoms with E-state index < -0.39 is 0 Å². The minimum atomic E-state index is 0.00694. The fourth-order valence-corrected chi connectivity index (χ4v) is 5.70. The Labute approximate surface area is 194 Å². The highest BCUT2D eigenvalue weighted by molar-refractivity contribution is 7.99. The van der Waals surface area contributed by atoms with E-state index in [1.807, 2.05) is 59.0 Å². The second-order valence-electron chi connectivity index (χ2n) is 7.67. The molecule has 0 N–H and O–H groups in total. The number of furan rings is 1. The summed E-state index contributed by atoms with van der Waals surface area (Å²) in [5.41, 5.74) is 2.24. The number of thiazole rings is 1. The molecular formula is C23H23N5O2S2. The zero-order valence-corrected chi connectivity index (χ0v) is 19.4. The molecule has 3 aromatic heterocycles. The largest absolute Gasteiger partial charge is 0.461 e. The molecule has 0 saturated heterocycles. The predicted octanol–water partition coefficient (Wildman–Crippen LogP) is 4.74. The number of thioether (sulfide) groups is 1. The smallest absolute Gasteiger partial charge is 0.239 e.